The molecule has 0 aliphatic carbocycles. The number of hydrogen-bond acceptors (Lipinski definition) is 1. The first-order valence-electron chi connectivity index (χ1n) is 12.7. The number of hydrogen-bond donors (Lipinski definition) is 0. The summed E-state index contributed by atoms with van der Waals surface area (Å²) in [6.07, 6.45) is 0. The van der Waals surface area contributed by atoms with Crippen LogP contribution in [0.15, 0.2) is 121 Å². The Labute approximate surface area is 218 Å². The largest absolute Gasteiger partial charge is 0.309 e. The van der Waals surface area contributed by atoms with Crippen molar-refractivity contribution in [3.63, 3.8) is 0 Å². The van der Waals surface area contributed by atoms with Crippen LogP contribution in [0.4, 0.5) is 0 Å². The lowest BCUT2D eigenvalue weighted by Crippen LogP contribution is -1.95. The van der Waals surface area contributed by atoms with E-state index in [1.165, 1.54) is 75.1 Å². The Hall–Kier alpha value is -4.40. The van der Waals surface area contributed by atoms with E-state index < -0.39 is 0 Å². The van der Waals surface area contributed by atoms with Crippen LogP contribution in [0.25, 0.3) is 69.6 Å². The van der Waals surface area contributed by atoms with Gasteiger partial charge in [0.2, 0.25) is 0 Å². The van der Waals surface area contributed by atoms with Crippen LogP contribution in [0.3, 0.4) is 0 Å². The first-order chi connectivity index (χ1) is 18.2. The molecule has 8 rings (SSSR count). The van der Waals surface area contributed by atoms with E-state index in [0.717, 1.165) is 0 Å². The summed E-state index contributed by atoms with van der Waals surface area (Å²) < 4.78 is 5.12. The van der Waals surface area contributed by atoms with Gasteiger partial charge in [-0.2, -0.15) is 0 Å². The molecule has 0 bridgehead atoms. The van der Waals surface area contributed by atoms with Gasteiger partial charge in [0.1, 0.15) is 0 Å². The highest BCUT2D eigenvalue weighted by molar-refractivity contribution is 7.26. The number of nitrogens with zero attached hydrogens (tertiary/aromatic N) is 1. The molecular formula is C35H23NS. The second-order valence-electron chi connectivity index (χ2n) is 9.90. The van der Waals surface area contributed by atoms with Crippen molar-refractivity contribution in [1.29, 1.82) is 0 Å². The van der Waals surface area contributed by atoms with E-state index in [4.69, 9.17) is 0 Å². The molecule has 0 unspecified atom stereocenters. The predicted molar refractivity (Wildman–Crippen MR) is 161 cm³/mol. The third-order valence-electron chi connectivity index (χ3n) is 7.61. The number of rotatable bonds is 2. The summed E-state index contributed by atoms with van der Waals surface area (Å²) in [7, 11) is 0. The van der Waals surface area contributed by atoms with Crippen LogP contribution < -0.4 is 0 Å². The number of thiophene rings is 1. The van der Waals surface area contributed by atoms with Crippen molar-refractivity contribution in [2.24, 2.45) is 0 Å². The maximum Gasteiger partial charge on any atom is 0.0541 e. The zero-order chi connectivity index (χ0) is 24.5. The summed E-state index contributed by atoms with van der Waals surface area (Å²) in [5.41, 5.74) is 7.52. The molecule has 174 valence electrons. The Morgan fingerprint density at radius 1 is 0.541 bits per heavy atom. The van der Waals surface area contributed by atoms with Gasteiger partial charge in [0.25, 0.3) is 0 Å². The average molecular weight is 490 g/mol. The summed E-state index contributed by atoms with van der Waals surface area (Å²) in [6.45, 7) is 2.17. The summed E-state index contributed by atoms with van der Waals surface area (Å²) in [5.74, 6) is 0. The standard InChI is InChI=1S/C35H23NS/c1-22-14-17-33-30(18-22)27-10-4-6-12-32(27)36(33)26-20-29(25-16-15-23-8-2-3-9-24(23)19-25)35-31(21-26)28-11-5-7-13-34(28)37-35/h2-21H,1H3. The Balaban J connectivity index is 1.52. The predicted octanol–water partition coefficient (Wildman–Crippen LogP) is 10.3. The van der Waals surface area contributed by atoms with Gasteiger partial charge in [-0.25, -0.2) is 0 Å². The molecule has 2 heteroatoms. The number of para-hydroxylation sites is 1. The average Bonchev–Trinajstić information content (AvgIpc) is 3.48. The van der Waals surface area contributed by atoms with Gasteiger partial charge in [-0.1, -0.05) is 84.4 Å². The number of benzene rings is 6. The molecule has 2 aromatic heterocycles. The van der Waals surface area contributed by atoms with E-state index in [1.807, 2.05) is 11.3 Å². The highest BCUT2D eigenvalue weighted by atomic mass is 32.1. The van der Waals surface area contributed by atoms with Gasteiger partial charge >= 0.3 is 0 Å². The van der Waals surface area contributed by atoms with Crippen LogP contribution in [0.1, 0.15) is 5.56 Å². The van der Waals surface area contributed by atoms with Crippen molar-refractivity contribution in [2.75, 3.05) is 0 Å². The molecule has 6 aromatic carbocycles. The quantitative estimate of drug-likeness (QED) is 0.228. The van der Waals surface area contributed by atoms with Crippen LogP contribution in [-0.4, -0.2) is 4.57 Å². The molecule has 2 heterocycles. The van der Waals surface area contributed by atoms with Crippen molar-refractivity contribution >= 4 is 64.1 Å². The molecule has 0 fully saturated rings. The van der Waals surface area contributed by atoms with Crippen LogP contribution >= 0.6 is 11.3 Å². The summed E-state index contributed by atoms with van der Waals surface area (Å²) in [4.78, 5) is 0. The molecule has 0 N–H and O–H groups in total. The van der Waals surface area contributed by atoms with Crippen molar-refractivity contribution < 1.29 is 0 Å². The first-order valence-corrected chi connectivity index (χ1v) is 13.5. The van der Waals surface area contributed by atoms with Gasteiger partial charge in [0, 0.05) is 42.2 Å². The summed E-state index contributed by atoms with van der Waals surface area (Å²) in [6, 6.07) is 44.7. The van der Waals surface area contributed by atoms with Gasteiger partial charge in [-0.3, -0.25) is 0 Å². The van der Waals surface area contributed by atoms with Gasteiger partial charge in [0.05, 0.1) is 11.0 Å². The van der Waals surface area contributed by atoms with E-state index in [-0.39, 0.29) is 0 Å². The van der Waals surface area contributed by atoms with Crippen LogP contribution in [-0.2, 0) is 0 Å². The minimum absolute atomic E-state index is 1.20. The zero-order valence-corrected chi connectivity index (χ0v) is 21.2. The lowest BCUT2D eigenvalue weighted by atomic mass is 9.98. The Morgan fingerprint density at radius 2 is 1.30 bits per heavy atom. The topological polar surface area (TPSA) is 4.93 Å². The monoisotopic (exact) mass is 489 g/mol. The van der Waals surface area contributed by atoms with Crippen molar-refractivity contribution in [2.45, 2.75) is 6.92 Å². The van der Waals surface area contributed by atoms with Crippen molar-refractivity contribution in [3.8, 4) is 16.8 Å². The van der Waals surface area contributed by atoms with Gasteiger partial charge in [0.15, 0.2) is 0 Å². The van der Waals surface area contributed by atoms with Gasteiger partial charge in [-0.15, -0.1) is 11.3 Å². The number of aromatic nitrogens is 1. The van der Waals surface area contributed by atoms with E-state index >= 15 is 0 Å². The minimum Gasteiger partial charge on any atom is -0.309 e. The van der Waals surface area contributed by atoms with E-state index in [9.17, 15) is 0 Å². The Bertz CT molecular complexity index is 2160. The van der Waals surface area contributed by atoms with Crippen molar-refractivity contribution in [3.05, 3.63) is 127 Å². The molecule has 37 heavy (non-hydrogen) atoms. The van der Waals surface area contributed by atoms with Crippen LogP contribution in [0.5, 0.6) is 0 Å². The molecule has 8 aromatic rings. The molecule has 0 atom stereocenters. The molecule has 0 saturated carbocycles. The highest BCUT2D eigenvalue weighted by Gasteiger charge is 2.17. The SMILES string of the molecule is Cc1ccc2c(c1)c1ccccc1n2-c1cc(-c2ccc3ccccc3c2)c2sc3ccccc3c2c1. The molecular weight excluding hydrogens is 466 g/mol. The lowest BCUT2D eigenvalue weighted by Gasteiger charge is -2.13. The second-order valence-corrected chi connectivity index (χ2v) is 11.0. The van der Waals surface area contributed by atoms with E-state index in [2.05, 4.69) is 133 Å². The zero-order valence-electron chi connectivity index (χ0n) is 20.4. The molecule has 0 amide bonds. The summed E-state index contributed by atoms with van der Waals surface area (Å²) >= 11 is 1.89. The first kappa shape index (κ1) is 20.8. The maximum absolute atomic E-state index is 2.44. The maximum atomic E-state index is 2.44. The third kappa shape index (κ3) is 3.09. The van der Waals surface area contributed by atoms with Gasteiger partial charge < -0.3 is 4.57 Å². The third-order valence-corrected chi connectivity index (χ3v) is 8.83. The minimum atomic E-state index is 1.20. The number of fused-ring (bicyclic) bond motifs is 7. The molecule has 0 spiro atoms. The fourth-order valence-corrected chi connectivity index (χ4v) is 7.10. The number of aryl methyl sites for hydroxylation is 1. The fraction of sp³-hybridized carbons (Fsp3) is 0.0286. The van der Waals surface area contributed by atoms with Gasteiger partial charge in [-0.05, 0) is 65.7 Å². The normalized spacial score (nSPS) is 11.9. The second kappa shape index (κ2) is 7.80. The molecule has 0 aliphatic rings. The van der Waals surface area contributed by atoms with Crippen LogP contribution in [0, 0.1) is 6.92 Å². The molecule has 1 nitrogen and oxygen atoms in total. The molecule has 0 aliphatic heterocycles. The lowest BCUT2D eigenvalue weighted by molar-refractivity contribution is 1.19. The fourth-order valence-electron chi connectivity index (χ4n) is 5.88. The Morgan fingerprint density at radius 3 is 2.22 bits per heavy atom. The van der Waals surface area contributed by atoms with Crippen molar-refractivity contribution in [1.82, 2.24) is 4.57 Å². The van der Waals surface area contributed by atoms with E-state index in [0.29, 0.717) is 0 Å². The highest BCUT2D eigenvalue weighted by Crippen LogP contribution is 2.43. The Kier molecular flexibility index (Phi) is 4.37. The van der Waals surface area contributed by atoms with Crippen LogP contribution in [0.2, 0.25) is 0 Å². The molecule has 0 saturated heterocycles. The van der Waals surface area contributed by atoms with E-state index in [1.54, 1.807) is 0 Å². The smallest absolute Gasteiger partial charge is 0.0541 e. The molecule has 0 radical (unpaired) electrons. The summed E-state index contributed by atoms with van der Waals surface area (Å²) in [5, 5.41) is 7.78.